The Morgan fingerprint density at radius 3 is 2.52 bits per heavy atom. The Hall–Kier alpha value is -3.40. The maximum absolute atomic E-state index is 12.9. The van der Waals surface area contributed by atoms with Crippen LogP contribution in [0.15, 0.2) is 48.7 Å². The molecule has 1 aliphatic heterocycles. The molecule has 0 amide bonds. The van der Waals surface area contributed by atoms with Crippen molar-refractivity contribution in [1.82, 2.24) is 4.98 Å². The molecular weight excluding hydrogens is 365 g/mol. The number of hydrogen-bond acceptors (Lipinski definition) is 6. The number of aliphatic hydroxyl groups excluding tert-OH is 1. The third-order valence-electron chi connectivity index (χ3n) is 4.32. The van der Waals surface area contributed by atoms with Crippen molar-refractivity contribution >= 4 is 28.0 Å². The van der Waals surface area contributed by atoms with Gasteiger partial charge in [0, 0.05) is 29.3 Å². The number of benzene rings is 2. The van der Waals surface area contributed by atoms with Crippen molar-refractivity contribution in [3.63, 3.8) is 0 Å². The lowest BCUT2D eigenvalue weighted by Crippen LogP contribution is -2.27. The van der Waals surface area contributed by atoms with Crippen LogP contribution < -0.4 is 10.4 Å². The molecule has 2 aromatic carbocycles. The highest BCUT2D eigenvalue weighted by Crippen LogP contribution is 2.41. The third-order valence-corrected chi connectivity index (χ3v) is 4.32. The number of rotatable bonds is 2. The van der Waals surface area contributed by atoms with E-state index >= 15 is 0 Å². The van der Waals surface area contributed by atoms with Crippen molar-refractivity contribution in [3.8, 4) is 0 Å². The summed E-state index contributed by atoms with van der Waals surface area (Å²) in [6.07, 6.45) is -4.33. The Morgan fingerprint density at radius 1 is 1.19 bits per heavy atom. The van der Waals surface area contributed by atoms with Crippen LogP contribution in [-0.2, 0) is 6.18 Å². The van der Waals surface area contributed by atoms with Crippen LogP contribution in [0.3, 0.4) is 0 Å². The lowest BCUT2D eigenvalue weighted by molar-refractivity contribution is -0.384. The van der Waals surface area contributed by atoms with Crippen molar-refractivity contribution in [2.75, 3.05) is 10.4 Å². The fourth-order valence-electron chi connectivity index (χ4n) is 2.97. The first-order chi connectivity index (χ1) is 12.8. The van der Waals surface area contributed by atoms with E-state index in [9.17, 15) is 28.4 Å². The molecule has 4 rings (SSSR count). The van der Waals surface area contributed by atoms with Crippen molar-refractivity contribution in [3.05, 3.63) is 69.9 Å². The molecule has 2 N–H and O–H groups in total. The first-order valence-corrected chi connectivity index (χ1v) is 7.74. The number of fused-ring (bicyclic) bond motifs is 3. The molecule has 0 saturated heterocycles. The average Bonchev–Trinajstić information content (AvgIpc) is 2.97. The quantitative estimate of drug-likeness (QED) is 0.519. The summed E-state index contributed by atoms with van der Waals surface area (Å²) in [5, 5.41) is 23.1. The average molecular weight is 376 g/mol. The van der Waals surface area contributed by atoms with Gasteiger partial charge in [0.05, 0.1) is 27.4 Å². The molecule has 1 aromatic heterocycles. The predicted octanol–water partition coefficient (Wildman–Crippen LogP) is 4.00. The highest BCUT2D eigenvalue weighted by atomic mass is 19.4. The van der Waals surface area contributed by atoms with E-state index in [1.54, 1.807) is 0 Å². The van der Waals surface area contributed by atoms with Crippen LogP contribution in [-0.4, -0.2) is 15.0 Å². The number of nitrogens with zero attached hydrogens (tertiary/aromatic N) is 3. The summed E-state index contributed by atoms with van der Waals surface area (Å²) >= 11 is 0. The minimum Gasteiger partial charge on any atom is -0.368 e. The van der Waals surface area contributed by atoms with Crippen LogP contribution in [0.4, 0.5) is 30.2 Å². The molecule has 138 valence electrons. The molecule has 1 atom stereocenters. The number of aliphatic hydroxyl groups is 1. The van der Waals surface area contributed by atoms with Gasteiger partial charge in [0.1, 0.15) is 0 Å². The maximum atomic E-state index is 12.9. The number of anilines is 2. The van der Waals surface area contributed by atoms with Crippen LogP contribution in [0, 0.1) is 10.1 Å². The zero-order chi connectivity index (χ0) is 19.3. The number of non-ortho nitro benzene ring substituents is 1. The summed E-state index contributed by atoms with van der Waals surface area (Å²) in [6, 6.07) is 8.68. The number of nitro groups is 1. The van der Waals surface area contributed by atoms with Gasteiger partial charge >= 0.3 is 6.18 Å². The molecular formula is C17H11F3N4O3. The van der Waals surface area contributed by atoms with Gasteiger partial charge in [-0.05, 0) is 24.3 Å². The summed E-state index contributed by atoms with van der Waals surface area (Å²) < 4.78 is 38.7. The van der Waals surface area contributed by atoms with Crippen LogP contribution >= 0.6 is 0 Å². The minimum atomic E-state index is -4.48. The standard InChI is InChI=1S/C17H11F3N4O3/c18-17(19,20)9-1-6-12-14(7-9)21-8-13-15(12)22-23(16(13)25)10-2-4-11(5-3-10)24(26)27/h1-8,16,22,25H. The molecule has 1 unspecified atom stereocenters. The van der Waals surface area contributed by atoms with Gasteiger partial charge in [0.25, 0.3) is 5.69 Å². The molecule has 1 aliphatic rings. The van der Waals surface area contributed by atoms with Gasteiger partial charge < -0.3 is 5.11 Å². The smallest absolute Gasteiger partial charge is 0.368 e. The fourth-order valence-corrected chi connectivity index (χ4v) is 2.97. The van der Waals surface area contributed by atoms with Crippen LogP contribution in [0.1, 0.15) is 17.4 Å². The summed E-state index contributed by atoms with van der Waals surface area (Å²) in [4.78, 5) is 14.2. The first-order valence-electron chi connectivity index (χ1n) is 7.74. The van der Waals surface area contributed by atoms with Crippen molar-refractivity contribution in [2.45, 2.75) is 12.4 Å². The number of halogens is 3. The van der Waals surface area contributed by atoms with E-state index in [0.717, 1.165) is 12.1 Å². The summed E-state index contributed by atoms with van der Waals surface area (Å²) in [5.41, 5.74) is 3.43. The van der Waals surface area contributed by atoms with Gasteiger partial charge in [-0.3, -0.25) is 25.5 Å². The maximum Gasteiger partial charge on any atom is 0.416 e. The molecule has 0 spiro atoms. The molecule has 0 saturated carbocycles. The normalized spacial score (nSPS) is 16.3. The van der Waals surface area contributed by atoms with Crippen molar-refractivity contribution in [1.29, 1.82) is 0 Å². The number of pyridine rings is 1. The molecule has 0 bridgehead atoms. The largest absolute Gasteiger partial charge is 0.416 e. The van der Waals surface area contributed by atoms with Gasteiger partial charge in [-0.25, -0.2) is 0 Å². The Labute approximate surface area is 149 Å². The fraction of sp³-hybridized carbons (Fsp3) is 0.118. The molecule has 27 heavy (non-hydrogen) atoms. The van der Waals surface area contributed by atoms with Crippen molar-refractivity contribution in [2.24, 2.45) is 0 Å². The Morgan fingerprint density at radius 2 is 1.89 bits per heavy atom. The summed E-state index contributed by atoms with van der Waals surface area (Å²) in [7, 11) is 0. The van der Waals surface area contributed by atoms with Crippen LogP contribution in [0.5, 0.6) is 0 Å². The van der Waals surface area contributed by atoms with Gasteiger partial charge in [-0.15, -0.1) is 0 Å². The topological polar surface area (TPSA) is 91.5 Å². The van der Waals surface area contributed by atoms with Gasteiger partial charge in [-0.2, -0.15) is 13.2 Å². The zero-order valence-electron chi connectivity index (χ0n) is 13.4. The monoisotopic (exact) mass is 376 g/mol. The highest BCUT2D eigenvalue weighted by Gasteiger charge is 2.33. The summed E-state index contributed by atoms with van der Waals surface area (Å²) in [6.45, 7) is 0. The lowest BCUT2D eigenvalue weighted by atomic mass is 10.1. The lowest BCUT2D eigenvalue weighted by Gasteiger charge is -2.22. The first kappa shape index (κ1) is 17.0. The minimum absolute atomic E-state index is 0.100. The molecule has 0 fully saturated rings. The van der Waals surface area contributed by atoms with E-state index in [4.69, 9.17) is 0 Å². The molecule has 0 aliphatic carbocycles. The van der Waals surface area contributed by atoms with Crippen LogP contribution in [0.2, 0.25) is 0 Å². The molecule has 10 heteroatoms. The van der Waals surface area contributed by atoms with E-state index in [1.165, 1.54) is 41.5 Å². The predicted molar refractivity (Wildman–Crippen MR) is 90.9 cm³/mol. The van der Waals surface area contributed by atoms with Gasteiger partial charge in [0.15, 0.2) is 6.23 Å². The van der Waals surface area contributed by atoms with E-state index < -0.39 is 22.9 Å². The Kier molecular flexibility index (Phi) is 3.67. The second-order valence-corrected chi connectivity index (χ2v) is 5.95. The number of nitrogens with one attached hydrogen (secondary N) is 1. The SMILES string of the molecule is O=[N+]([O-])c1ccc(N2Nc3c(cnc4cc(C(F)(F)F)ccc34)C2O)cc1. The van der Waals surface area contributed by atoms with Crippen molar-refractivity contribution < 1.29 is 23.2 Å². The zero-order valence-corrected chi connectivity index (χ0v) is 13.4. The second kappa shape index (κ2) is 5.81. The molecule has 2 heterocycles. The Bertz CT molecular complexity index is 1050. The molecule has 0 radical (unpaired) electrons. The van der Waals surface area contributed by atoms with E-state index in [0.29, 0.717) is 22.3 Å². The number of nitro benzene ring substituents is 1. The highest BCUT2D eigenvalue weighted by molar-refractivity contribution is 5.95. The van der Waals surface area contributed by atoms with E-state index in [1.807, 2.05) is 0 Å². The van der Waals surface area contributed by atoms with E-state index in [2.05, 4.69) is 10.4 Å². The van der Waals surface area contributed by atoms with E-state index in [-0.39, 0.29) is 11.2 Å². The number of hydrogen-bond donors (Lipinski definition) is 2. The molecule has 3 aromatic rings. The number of alkyl halides is 3. The molecule has 7 nitrogen and oxygen atoms in total. The third kappa shape index (κ3) is 2.79. The Balaban J connectivity index is 1.73. The summed E-state index contributed by atoms with van der Waals surface area (Å²) in [5.74, 6) is 0. The number of aromatic nitrogens is 1. The second-order valence-electron chi connectivity index (χ2n) is 5.95. The van der Waals surface area contributed by atoms with Gasteiger partial charge in [-0.1, -0.05) is 6.07 Å². The van der Waals surface area contributed by atoms with Gasteiger partial charge in [0.2, 0.25) is 0 Å². The number of hydrazine groups is 1. The van der Waals surface area contributed by atoms with Crippen LogP contribution in [0.25, 0.3) is 10.9 Å².